The van der Waals surface area contributed by atoms with E-state index in [1.807, 2.05) is 9.80 Å². The summed E-state index contributed by atoms with van der Waals surface area (Å²) in [4.78, 5) is 19.7. The molecule has 1 aromatic carbocycles. The molecule has 0 radical (unpaired) electrons. The van der Waals surface area contributed by atoms with Crippen molar-refractivity contribution >= 4 is 51.3 Å². The largest absolute Gasteiger partial charge is 0.593 e. The molecule has 2 aromatic rings. The molecule has 40 heavy (non-hydrogen) atoms. The summed E-state index contributed by atoms with van der Waals surface area (Å²) in [6.07, 6.45) is 1.29. The monoisotopic (exact) mass is 591 g/mol. The molecule has 3 N–H and O–H groups in total. The molecule has 0 spiro atoms. The fourth-order valence-electron chi connectivity index (χ4n) is 5.00. The number of piperazine rings is 1. The summed E-state index contributed by atoms with van der Waals surface area (Å²) in [6.45, 7) is 3.88. The highest BCUT2D eigenvalue weighted by molar-refractivity contribution is 7.89. The maximum atomic E-state index is 13.3. The second-order valence-electron chi connectivity index (χ2n) is 10.4. The molecule has 0 bridgehead atoms. The first kappa shape index (κ1) is 28.6. The van der Waals surface area contributed by atoms with Crippen LogP contribution in [0.25, 0.3) is 0 Å². The Labute approximate surface area is 238 Å². The number of halogens is 2. The molecular formula is C25H31F2N9O2S2. The number of anilines is 3. The van der Waals surface area contributed by atoms with E-state index in [1.54, 1.807) is 12.1 Å². The summed E-state index contributed by atoms with van der Waals surface area (Å²) < 4.78 is 42.4. The molecule has 1 saturated carbocycles. The second kappa shape index (κ2) is 11.9. The first-order valence-corrected chi connectivity index (χ1v) is 15.1. The zero-order valence-electron chi connectivity index (χ0n) is 22.0. The Balaban J connectivity index is 1.39. The van der Waals surface area contributed by atoms with Crippen LogP contribution in [0.1, 0.15) is 42.7 Å². The Hall–Kier alpha value is -2.90. The molecule has 2 aliphatic heterocycles. The van der Waals surface area contributed by atoms with Crippen molar-refractivity contribution in [1.82, 2.24) is 24.7 Å². The van der Waals surface area contributed by atoms with E-state index in [0.29, 0.717) is 72.2 Å². The topological polar surface area (TPSA) is 147 Å². The fraction of sp³-hybridized carbons (Fsp3) is 0.560. The molecule has 5 rings (SSSR count). The smallest absolute Gasteiger partial charge is 0.291 e. The van der Waals surface area contributed by atoms with Crippen LogP contribution in [0.15, 0.2) is 17.0 Å². The number of aromatic nitrogens is 2. The minimum absolute atomic E-state index is 0.0347. The van der Waals surface area contributed by atoms with Gasteiger partial charge in [-0.1, -0.05) is 11.3 Å². The summed E-state index contributed by atoms with van der Waals surface area (Å²) in [5, 5.41) is 27.6. The quantitative estimate of drug-likeness (QED) is 0.296. The second-order valence-corrected chi connectivity index (χ2v) is 12.6. The highest BCUT2D eigenvalue weighted by Gasteiger charge is 2.48. The van der Waals surface area contributed by atoms with Gasteiger partial charge in [-0.2, -0.15) is 5.26 Å². The molecule has 1 aliphatic carbocycles. The van der Waals surface area contributed by atoms with Gasteiger partial charge in [0.15, 0.2) is 9.90 Å². The van der Waals surface area contributed by atoms with Gasteiger partial charge in [0.25, 0.3) is 6.43 Å². The number of nitrogens with one attached hydrogen (secondary N) is 3. The van der Waals surface area contributed by atoms with E-state index in [0.717, 1.165) is 32.1 Å². The van der Waals surface area contributed by atoms with Crippen molar-refractivity contribution in [2.24, 2.45) is 5.92 Å². The summed E-state index contributed by atoms with van der Waals surface area (Å²) in [5.74, 6) is 0.214. The third kappa shape index (κ3) is 6.21. The van der Waals surface area contributed by atoms with Gasteiger partial charge in [0.1, 0.15) is 5.54 Å². The van der Waals surface area contributed by atoms with Gasteiger partial charge in [-0.15, -0.1) is 14.9 Å². The lowest BCUT2D eigenvalue weighted by Gasteiger charge is -2.39. The van der Waals surface area contributed by atoms with E-state index < -0.39 is 28.3 Å². The fourth-order valence-corrected chi connectivity index (χ4v) is 6.78. The molecule has 3 aliphatic rings. The molecule has 1 atom stereocenters. The molecule has 1 aromatic heterocycles. The molecule has 2 saturated heterocycles. The number of likely N-dealkylation sites (tertiary alicyclic amines) is 1. The number of rotatable bonds is 9. The van der Waals surface area contributed by atoms with Gasteiger partial charge in [-0.05, 0) is 45.8 Å². The number of hydrogen-bond acceptors (Lipinski definition) is 11. The molecule has 3 heterocycles. The number of nitrogens with zero attached hydrogens (tertiary/aromatic N) is 6. The molecule has 3 fully saturated rings. The van der Waals surface area contributed by atoms with Crippen LogP contribution in [0.4, 0.5) is 25.3 Å². The summed E-state index contributed by atoms with van der Waals surface area (Å²) >= 11 is -1.04. The van der Waals surface area contributed by atoms with E-state index >= 15 is 0 Å². The Morgan fingerprint density at radius 3 is 2.52 bits per heavy atom. The number of alkyl halides is 2. The van der Waals surface area contributed by atoms with Crippen molar-refractivity contribution in [3.8, 4) is 6.07 Å². The number of piperidine rings is 1. The van der Waals surface area contributed by atoms with Crippen LogP contribution in [0, 0.1) is 22.7 Å². The van der Waals surface area contributed by atoms with Gasteiger partial charge in [-0.3, -0.25) is 4.79 Å². The van der Waals surface area contributed by atoms with Crippen molar-refractivity contribution in [2.75, 3.05) is 56.5 Å². The predicted molar refractivity (Wildman–Crippen MR) is 149 cm³/mol. The van der Waals surface area contributed by atoms with Crippen LogP contribution < -0.4 is 14.9 Å². The average Bonchev–Trinajstić information content (AvgIpc) is 3.58. The molecule has 1 unspecified atom stereocenters. The normalized spacial score (nSPS) is 20.3. The van der Waals surface area contributed by atoms with E-state index in [1.165, 1.54) is 0 Å². The highest BCUT2D eigenvalue weighted by atomic mass is 32.2. The van der Waals surface area contributed by atoms with Crippen molar-refractivity contribution in [1.29, 1.82) is 10.7 Å². The van der Waals surface area contributed by atoms with Crippen LogP contribution in [-0.2, 0) is 16.2 Å². The third-order valence-electron chi connectivity index (χ3n) is 7.61. The van der Waals surface area contributed by atoms with E-state index in [9.17, 15) is 23.4 Å². The summed E-state index contributed by atoms with van der Waals surface area (Å²) in [5.41, 5.74) is 0.619. The van der Waals surface area contributed by atoms with Gasteiger partial charge in [0, 0.05) is 56.0 Å². The Kier molecular flexibility index (Phi) is 8.52. The lowest BCUT2D eigenvalue weighted by molar-refractivity contribution is -0.137. The van der Waals surface area contributed by atoms with Crippen LogP contribution in [0.5, 0.6) is 0 Å². The first-order chi connectivity index (χ1) is 19.2. The van der Waals surface area contributed by atoms with E-state index in [-0.39, 0.29) is 17.0 Å². The summed E-state index contributed by atoms with van der Waals surface area (Å²) in [7, 11) is 2.06. The predicted octanol–water partition coefficient (Wildman–Crippen LogP) is 2.88. The number of nitriles is 1. The van der Waals surface area contributed by atoms with Gasteiger partial charge in [0.2, 0.25) is 11.0 Å². The van der Waals surface area contributed by atoms with E-state index in [4.69, 9.17) is 5.41 Å². The minimum atomic E-state index is -2.76. The van der Waals surface area contributed by atoms with Crippen molar-refractivity contribution in [3.63, 3.8) is 0 Å². The van der Waals surface area contributed by atoms with Gasteiger partial charge < -0.3 is 30.0 Å². The van der Waals surface area contributed by atoms with Crippen LogP contribution in [0.2, 0.25) is 0 Å². The Morgan fingerprint density at radius 1 is 1.25 bits per heavy atom. The molecule has 1 amide bonds. The van der Waals surface area contributed by atoms with Crippen molar-refractivity contribution in [2.45, 2.75) is 42.5 Å². The average molecular weight is 592 g/mol. The maximum Gasteiger partial charge on any atom is 0.291 e. The minimum Gasteiger partial charge on any atom is -0.593 e. The first-order valence-electron chi connectivity index (χ1n) is 13.1. The van der Waals surface area contributed by atoms with E-state index in [2.05, 4.69) is 38.3 Å². The maximum absolute atomic E-state index is 13.3. The molecule has 214 valence electrons. The zero-order valence-corrected chi connectivity index (χ0v) is 23.7. The number of carbonyl (C=O) groups is 1. The van der Waals surface area contributed by atoms with Gasteiger partial charge in [-0.25, -0.2) is 8.78 Å². The number of hydrogen-bond donors (Lipinski definition) is 3. The van der Waals surface area contributed by atoms with Crippen molar-refractivity contribution < 1.29 is 18.1 Å². The Morgan fingerprint density at radius 2 is 1.95 bits per heavy atom. The lowest BCUT2D eigenvalue weighted by atomic mass is 9.95. The number of carbonyl (C=O) groups excluding carboxylic acids is 1. The van der Waals surface area contributed by atoms with Gasteiger partial charge in [0.05, 0.1) is 28.8 Å². The summed E-state index contributed by atoms with van der Waals surface area (Å²) in [6, 6.07) is 5.47. The van der Waals surface area contributed by atoms with Gasteiger partial charge >= 0.3 is 0 Å². The Bertz CT molecular complexity index is 1280. The molecule has 15 heteroatoms. The standard InChI is InChI=1S/C25H31F2N9O2S2/c1-34-6-2-16(3-7-34)23(37)36-10-8-35(9-11-36)20-13-17(40(38)33-25(15-29)4-5-25)12-19(18(20)14-28)30-24-32-31-22(39-24)21(26)27/h12-14,16,21,28,33H,2-11H2,1H3,(H,30,32). The van der Waals surface area contributed by atoms with Crippen LogP contribution in [-0.4, -0.2) is 88.5 Å². The third-order valence-corrected chi connectivity index (χ3v) is 9.70. The highest BCUT2D eigenvalue weighted by Crippen LogP contribution is 2.38. The van der Waals surface area contributed by atoms with Crippen LogP contribution in [0.3, 0.4) is 0 Å². The molecular weight excluding hydrogens is 560 g/mol. The number of benzene rings is 1. The SMILES string of the molecule is CN1CCC(C(=O)N2CCN(c3cc([S+]([O-])NC4(C#N)CC4)cc(Nc4nnc(C(F)F)s4)c3C=N)CC2)CC1. The number of amides is 1. The lowest BCUT2D eigenvalue weighted by Crippen LogP contribution is -2.51. The molecule has 11 nitrogen and oxygen atoms in total. The van der Waals surface area contributed by atoms with Crippen molar-refractivity contribution in [3.05, 3.63) is 22.7 Å². The zero-order chi connectivity index (χ0) is 28.4. The van der Waals surface area contributed by atoms with Crippen LogP contribution >= 0.6 is 11.3 Å².